The number of nitrogens with zero attached hydrogens (tertiary/aromatic N) is 5. The van der Waals surface area contributed by atoms with Crippen LogP contribution in [0.25, 0.3) is 38.9 Å². The molecule has 5 aromatic rings. The molecular formula is C24H15F3N5Na2O6PS. The molecule has 206 valence electrons. The molecule has 0 radical (unpaired) electrons. The normalized spacial score (nSPS) is 11.8. The van der Waals surface area contributed by atoms with Gasteiger partial charge in [-0.2, -0.15) is 13.2 Å². The Bertz CT molecular complexity index is 1950. The van der Waals surface area contributed by atoms with E-state index in [1.165, 1.54) is 17.8 Å². The number of hydrogen-bond donors (Lipinski definition) is 0. The van der Waals surface area contributed by atoms with Crippen molar-refractivity contribution in [2.24, 2.45) is 0 Å². The van der Waals surface area contributed by atoms with Gasteiger partial charge in [0.05, 0.1) is 46.2 Å². The molecule has 42 heavy (non-hydrogen) atoms. The van der Waals surface area contributed by atoms with E-state index >= 15 is 0 Å². The summed E-state index contributed by atoms with van der Waals surface area (Å²) in [6.07, 6.45) is -0.279. The van der Waals surface area contributed by atoms with E-state index in [9.17, 15) is 37.1 Å². The minimum Gasteiger partial charge on any atom is -0.790 e. The summed E-state index contributed by atoms with van der Waals surface area (Å²) in [5.74, 6) is 0. The molecule has 0 atom stereocenters. The molecule has 0 unspecified atom stereocenters. The van der Waals surface area contributed by atoms with Gasteiger partial charge in [0.2, 0.25) is 0 Å². The maximum atomic E-state index is 13.6. The third-order valence-corrected chi connectivity index (χ3v) is 6.92. The number of aromatic nitrogens is 5. The molecule has 4 heterocycles. The average Bonchev–Trinajstić information content (AvgIpc) is 2.92. The minimum absolute atomic E-state index is 0. The number of thioether (sulfide) groups is 1. The van der Waals surface area contributed by atoms with Crippen molar-refractivity contribution < 1.29 is 91.2 Å². The summed E-state index contributed by atoms with van der Waals surface area (Å²) in [6, 6.07) is 10.4. The first-order chi connectivity index (χ1) is 18.9. The van der Waals surface area contributed by atoms with Crippen molar-refractivity contribution in [2.75, 3.05) is 6.26 Å². The fourth-order valence-electron chi connectivity index (χ4n) is 4.00. The molecule has 0 saturated heterocycles. The molecule has 5 rings (SSSR count). The summed E-state index contributed by atoms with van der Waals surface area (Å²) < 4.78 is 56.9. The van der Waals surface area contributed by atoms with Crippen LogP contribution in [0.4, 0.5) is 13.2 Å². The predicted molar refractivity (Wildman–Crippen MR) is 136 cm³/mol. The van der Waals surface area contributed by atoms with Crippen LogP contribution in [-0.4, -0.2) is 30.3 Å². The van der Waals surface area contributed by atoms with E-state index in [1.807, 2.05) is 6.26 Å². The fourth-order valence-corrected chi connectivity index (χ4v) is 4.62. The van der Waals surface area contributed by atoms with Crippen LogP contribution >= 0.6 is 19.6 Å². The van der Waals surface area contributed by atoms with E-state index < -0.39 is 37.5 Å². The average molecular weight is 635 g/mol. The van der Waals surface area contributed by atoms with E-state index in [2.05, 4.69) is 19.5 Å². The predicted octanol–water partition coefficient (Wildman–Crippen LogP) is -3.29. The number of rotatable bonds is 6. The van der Waals surface area contributed by atoms with Crippen LogP contribution in [0.1, 0.15) is 5.56 Å². The van der Waals surface area contributed by atoms with Crippen molar-refractivity contribution in [3.63, 3.8) is 0 Å². The monoisotopic (exact) mass is 635 g/mol. The molecular weight excluding hydrogens is 620 g/mol. The van der Waals surface area contributed by atoms with Crippen molar-refractivity contribution in [2.45, 2.75) is 17.9 Å². The molecule has 0 amide bonds. The molecule has 0 saturated carbocycles. The third-order valence-electron chi connectivity index (χ3n) is 5.83. The standard InChI is InChI=1S/C24H17F3N5O6PS.2Na/c1-40-19-8-5-13(10-29-19)17-6-7-18-20(30-17)21-16(11-28-18)22(33)31(12-38-39(35,36)37)23(34)32(21)15-4-2-3-14(9-15)24(25,26)27;;/h2-11H,12H2,1H3,(H2,35,36,37);;/q;2*+1/p-2. The van der Waals surface area contributed by atoms with Gasteiger partial charge < -0.3 is 18.9 Å². The number of alkyl halides is 3. The number of phosphoric acid groups is 1. The van der Waals surface area contributed by atoms with E-state index in [4.69, 9.17) is 0 Å². The van der Waals surface area contributed by atoms with E-state index in [1.54, 1.807) is 30.5 Å². The number of hydrogen-bond acceptors (Lipinski definition) is 10. The summed E-state index contributed by atoms with van der Waals surface area (Å²) in [7, 11) is -5.63. The maximum absolute atomic E-state index is 13.6. The van der Waals surface area contributed by atoms with E-state index in [0.29, 0.717) is 17.3 Å². The van der Waals surface area contributed by atoms with Gasteiger partial charge in [-0.15, -0.1) is 11.8 Å². The number of phosphoric ester groups is 1. The zero-order valence-electron chi connectivity index (χ0n) is 22.2. The largest absolute Gasteiger partial charge is 1.00 e. The molecule has 0 aliphatic carbocycles. The molecule has 0 N–H and O–H groups in total. The second-order valence-electron chi connectivity index (χ2n) is 8.28. The topological polar surface area (TPSA) is 155 Å². The van der Waals surface area contributed by atoms with Gasteiger partial charge in [0.25, 0.3) is 5.56 Å². The quantitative estimate of drug-likeness (QED) is 0.0803. The number of halogens is 3. The van der Waals surface area contributed by atoms with Crippen LogP contribution in [0, 0.1) is 0 Å². The van der Waals surface area contributed by atoms with E-state index in [-0.39, 0.29) is 91.3 Å². The zero-order valence-corrected chi connectivity index (χ0v) is 27.9. The molecule has 1 aromatic carbocycles. The van der Waals surface area contributed by atoms with Crippen LogP contribution in [0.5, 0.6) is 0 Å². The Kier molecular flexibility index (Phi) is 11.0. The van der Waals surface area contributed by atoms with Crippen molar-refractivity contribution in [1.29, 1.82) is 0 Å². The van der Waals surface area contributed by atoms with Crippen LogP contribution in [0.15, 0.2) is 75.5 Å². The Balaban J connectivity index is 0.00000242. The van der Waals surface area contributed by atoms with Gasteiger partial charge in [0.1, 0.15) is 12.2 Å². The Morgan fingerprint density at radius 2 is 1.76 bits per heavy atom. The van der Waals surface area contributed by atoms with Crippen molar-refractivity contribution in [3.05, 3.63) is 87.3 Å². The Labute approximate surface area is 283 Å². The first-order valence-corrected chi connectivity index (χ1v) is 13.9. The minimum atomic E-state index is -5.63. The number of fused-ring (bicyclic) bond motifs is 3. The van der Waals surface area contributed by atoms with Crippen molar-refractivity contribution in [1.82, 2.24) is 24.1 Å². The molecule has 11 nitrogen and oxygen atoms in total. The number of pyridine rings is 3. The smallest absolute Gasteiger partial charge is 0.790 e. The SMILES string of the molecule is CSc1ccc(-c2ccc3ncc4c(=O)n(COP(=O)([O-])[O-])c(=O)n(-c5cccc(C(F)(F)F)c5)c4c3n2)cn1.[Na+].[Na+]. The van der Waals surface area contributed by atoms with Crippen LogP contribution in [-0.2, 0) is 22.0 Å². The summed E-state index contributed by atoms with van der Waals surface area (Å²) in [5, 5.41) is 0.457. The molecule has 4 aromatic heterocycles. The van der Waals surface area contributed by atoms with Gasteiger partial charge in [0.15, 0.2) is 0 Å². The van der Waals surface area contributed by atoms with Gasteiger partial charge in [0, 0.05) is 18.0 Å². The van der Waals surface area contributed by atoms with E-state index in [0.717, 1.165) is 27.9 Å². The van der Waals surface area contributed by atoms with Crippen LogP contribution in [0.3, 0.4) is 0 Å². The van der Waals surface area contributed by atoms with Crippen LogP contribution in [0.2, 0.25) is 0 Å². The Morgan fingerprint density at radius 1 is 1.02 bits per heavy atom. The fraction of sp³-hybridized carbons (Fsp3) is 0.125. The molecule has 0 bridgehead atoms. The zero-order chi connectivity index (χ0) is 28.8. The van der Waals surface area contributed by atoms with Gasteiger partial charge in [-0.25, -0.2) is 19.3 Å². The molecule has 0 aliphatic heterocycles. The summed E-state index contributed by atoms with van der Waals surface area (Å²) in [5.41, 5.74) is -2.78. The second-order valence-corrected chi connectivity index (χ2v) is 10.3. The molecule has 0 aliphatic rings. The van der Waals surface area contributed by atoms with Crippen LogP contribution < -0.4 is 80.2 Å². The first-order valence-electron chi connectivity index (χ1n) is 11.2. The summed E-state index contributed by atoms with van der Waals surface area (Å²) in [6.45, 7) is -1.30. The second kappa shape index (κ2) is 13.4. The summed E-state index contributed by atoms with van der Waals surface area (Å²) in [4.78, 5) is 62.0. The molecule has 18 heteroatoms. The van der Waals surface area contributed by atoms with Gasteiger partial charge in [-0.05, 0) is 48.7 Å². The first kappa shape index (κ1) is 34.6. The number of benzene rings is 1. The molecule has 0 fully saturated rings. The van der Waals surface area contributed by atoms with Gasteiger partial charge in [-0.1, -0.05) is 6.07 Å². The van der Waals surface area contributed by atoms with Gasteiger partial charge in [-0.3, -0.25) is 14.3 Å². The van der Waals surface area contributed by atoms with Crippen molar-refractivity contribution in [3.8, 4) is 16.9 Å². The third kappa shape index (κ3) is 7.08. The summed E-state index contributed by atoms with van der Waals surface area (Å²) >= 11 is 1.43. The van der Waals surface area contributed by atoms with Crippen molar-refractivity contribution >= 4 is 41.5 Å². The Hall–Kier alpha value is -1.88. The molecule has 0 spiro atoms. The Morgan fingerprint density at radius 3 is 2.38 bits per heavy atom. The maximum Gasteiger partial charge on any atom is 1.00 e. The van der Waals surface area contributed by atoms with Gasteiger partial charge >= 0.3 is 71.0 Å².